The van der Waals surface area contributed by atoms with E-state index < -0.39 is 15.6 Å². The van der Waals surface area contributed by atoms with Crippen LogP contribution in [0.4, 0.5) is 0 Å². The van der Waals surface area contributed by atoms with Gasteiger partial charge in [-0.25, -0.2) is 13.1 Å². The summed E-state index contributed by atoms with van der Waals surface area (Å²) in [5.74, 6) is 0.843. The van der Waals surface area contributed by atoms with Crippen LogP contribution in [0.15, 0.2) is 4.99 Å². The fourth-order valence-corrected chi connectivity index (χ4v) is 3.18. The zero-order valence-electron chi connectivity index (χ0n) is 11.7. The van der Waals surface area contributed by atoms with Crippen molar-refractivity contribution in [3.8, 4) is 0 Å². The molecule has 0 spiro atoms. The van der Waals surface area contributed by atoms with Crippen LogP contribution in [0.5, 0.6) is 0 Å². The van der Waals surface area contributed by atoms with Crippen LogP contribution >= 0.6 is 0 Å². The van der Waals surface area contributed by atoms with Gasteiger partial charge in [-0.2, -0.15) is 0 Å². The Balaban J connectivity index is 2.52. The van der Waals surface area contributed by atoms with Crippen molar-refractivity contribution in [2.24, 2.45) is 4.99 Å². The molecule has 0 bridgehead atoms. The Hall–Kier alpha value is -0.820. The van der Waals surface area contributed by atoms with Crippen LogP contribution in [0, 0.1) is 0 Å². The molecule has 106 valence electrons. The minimum absolute atomic E-state index is 0.503. The number of likely N-dealkylation sites (tertiary alicyclic amines) is 1. The lowest BCUT2D eigenvalue weighted by Crippen LogP contribution is -2.53. The van der Waals surface area contributed by atoms with Crippen molar-refractivity contribution >= 4 is 16.0 Å². The Morgan fingerprint density at radius 1 is 1.33 bits per heavy atom. The fourth-order valence-electron chi connectivity index (χ4n) is 2.10. The predicted octanol–water partition coefficient (Wildman–Crippen LogP) is -0.0146. The first kappa shape index (κ1) is 15.2. The minimum Gasteiger partial charge on any atom is -0.354 e. The van der Waals surface area contributed by atoms with Gasteiger partial charge in [0.15, 0.2) is 5.96 Å². The molecular weight excluding hydrogens is 252 g/mol. The van der Waals surface area contributed by atoms with Gasteiger partial charge in [0.25, 0.3) is 0 Å². The van der Waals surface area contributed by atoms with Gasteiger partial charge < -0.3 is 10.2 Å². The third-order valence-corrected chi connectivity index (χ3v) is 3.69. The van der Waals surface area contributed by atoms with E-state index in [1.165, 1.54) is 19.1 Å². The van der Waals surface area contributed by atoms with Crippen LogP contribution in [0.25, 0.3) is 0 Å². The summed E-state index contributed by atoms with van der Waals surface area (Å²) in [5, 5.41) is 3.22. The number of rotatable bonds is 4. The van der Waals surface area contributed by atoms with Crippen molar-refractivity contribution in [2.75, 3.05) is 32.9 Å². The molecule has 1 saturated heterocycles. The Kier molecular flexibility index (Phi) is 4.98. The van der Waals surface area contributed by atoms with E-state index >= 15 is 0 Å². The topological polar surface area (TPSA) is 73.8 Å². The number of aliphatic imine (C=N–C) groups is 1. The molecule has 0 atom stereocenters. The third-order valence-electron chi connectivity index (χ3n) is 2.77. The standard InChI is InChI=1S/C11H24N4O2S/c1-11(2,14-18(4,16)17)9-13-10(12-3)15-7-5-6-8-15/h14H,5-9H2,1-4H3,(H,12,13). The second-order valence-corrected chi connectivity index (χ2v) is 7.10. The van der Waals surface area contributed by atoms with E-state index in [-0.39, 0.29) is 0 Å². The van der Waals surface area contributed by atoms with Gasteiger partial charge in [0.2, 0.25) is 10.0 Å². The van der Waals surface area contributed by atoms with Crippen LogP contribution in [0.3, 0.4) is 0 Å². The van der Waals surface area contributed by atoms with Crippen molar-refractivity contribution in [1.82, 2.24) is 14.9 Å². The first-order valence-electron chi connectivity index (χ1n) is 6.18. The summed E-state index contributed by atoms with van der Waals surface area (Å²) < 4.78 is 25.1. The highest BCUT2D eigenvalue weighted by Crippen LogP contribution is 2.08. The van der Waals surface area contributed by atoms with Crippen molar-refractivity contribution in [2.45, 2.75) is 32.2 Å². The smallest absolute Gasteiger partial charge is 0.209 e. The zero-order valence-corrected chi connectivity index (χ0v) is 12.5. The summed E-state index contributed by atoms with van der Waals surface area (Å²) in [4.78, 5) is 6.41. The van der Waals surface area contributed by atoms with Crippen molar-refractivity contribution in [3.63, 3.8) is 0 Å². The molecule has 18 heavy (non-hydrogen) atoms. The lowest BCUT2D eigenvalue weighted by molar-refractivity contribution is 0.426. The maximum atomic E-state index is 11.2. The molecule has 0 aromatic heterocycles. The second-order valence-electron chi connectivity index (χ2n) is 5.35. The number of sulfonamides is 1. The molecule has 0 amide bonds. The third kappa shape index (κ3) is 5.22. The number of hydrogen-bond donors (Lipinski definition) is 2. The summed E-state index contributed by atoms with van der Waals surface area (Å²) in [6.45, 7) is 6.22. The van der Waals surface area contributed by atoms with Crippen molar-refractivity contribution in [1.29, 1.82) is 0 Å². The number of guanidine groups is 1. The second kappa shape index (κ2) is 5.88. The average Bonchev–Trinajstić information content (AvgIpc) is 2.68. The van der Waals surface area contributed by atoms with Crippen LogP contribution in [-0.2, 0) is 10.0 Å². The SMILES string of the molecule is CN=C(NCC(C)(C)NS(C)(=O)=O)N1CCCC1. The van der Waals surface area contributed by atoms with E-state index in [2.05, 4.69) is 19.9 Å². The van der Waals surface area contributed by atoms with Gasteiger partial charge in [-0.3, -0.25) is 4.99 Å². The van der Waals surface area contributed by atoms with Gasteiger partial charge >= 0.3 is 0 Å². The largest absolute Gasteiger partial charge is 0.354 e. The van der Waals surface area contributed by atoms with E-state index in [0.717, 1.165) is 19.0 Å². The van der Waals surface area contributed by atoms with Crippen molar-refractivity contribution in [3.05, 3.63) is 0 Å². The van der Waals surface area contributed by atoms with Crippen LogP contribution in [-0.4, -0.2) is 57.8 Å². The van der Waals surface area contributed by atoms with E-state index in [9.17, 15) is 8.42 Å². The van der Waals surface area contributed by atoms with Gasteiger partial charge in [0, 0.05) is 32.2 Å². The van der Waals surface area contributed by atoms with Gasteiger partial charge in [0.1, 0.15) is 0 Å². The molecular formula is C11H24N4O2S. The zero-order chi connectivity index (χ0) is 13.8. The molecule has 1 rings (SSSR count). The van der Waals surface area contributed by atoms with E-state index in [1.54, 1.807) is 7.05 Å². The number of nitrogens with zero attached hydrogens (tertiary/aromatic N) is 2. The van der Waals surface area contributed by atoms with Gasteiger partial charge in [-0.1, -0.05) is 0 Å². The van der Waals surface area contributed by atoms with Gasteiger partial charge in [-0.15, -0.1) is 0 Å². The summed E-state index contributed by atoms with van der Waals surface area (Å²) in [5.41, 5.74) is -0.538. The molecule has 0 radical (unpaired) electrons. The lowest BCUT2D eigenvalue weighted by Gasteiger charge is -2.28. The van der Waals surface area contributed by atoms with Gasteiger partial charge in [-0.05, 0) is 26.7 Å². The summed E-state index contributed by atoms with van der Waals surface area (Å²) >= 11 is 0. The van der Waals surface area contributed by atoms with E-state index in [0.29, 0.717) is 6.54 Å². The molecule has 1 heterocycles. The Morgan fingerprint density at radius 2 is 1.89 bits per heavy atom. The molecule has 1 aliphatic rings. The molecule has 1 fully saturated rings. The number of nitrogens with one attached hydrogen (secondary N) is 2. The van der Waals surface area contributed by atoms with Crippen LogP contribution in [0.2, 0.25) is 0 Å². The fraction of sp³-hybridized carbons (Fsp3) is 0.909. The molecule has 0 aromatic rings. The van der Waals surface area contributed by atoms with E-state index in [1.807, 2.05) is 13.8 Å². The summed E-state index contributed by atoms with van der Waals surface area (Å²) in [6.07, 6.45) is 3.54. The van der Waals surface area contributed by atoms with Crippen LogP contribution in [0.1, 0.15) is 26.7 Å². The lowest BCUT2D eigenvalue weighted by atomic mass is 10.1. The molecule has 2 N–H and O–H groups in total. The molecule has 7 heteroatoms. The molecule has 0 aromatic carbocycles. The quantitative estimate of drug-likeness (QED) is 0.559. The predicted molar refractivity (Wildman–Crippen MR) is 74.2 cm³/mol. The Morgan fingerprint density at radius 3 is 2.33 bits per heavy atom. The minimum atomic E-state index is -3.20. The Bertz CT molecular complexity index is 397. The monoisotopic (exact) mass is 276 g/mol. The average molecular weight is 276 g/mol. The number of hydrogen-bond acceptors (Lipinski definition) is 3. The summed E-state index contributed by atoms with van der Waals surface area (Å²) in [6, 6.07) is 0. The maximum Gasteiger partial charge on any atom is 0.209 e. The highest BCUT2D eigenvalue weighted by atomic mass is 32.2. The van der Waals surface area contributed by atoms with Crippen molar-refractivity contribution < 1.29 is 8.42 Å². The highest BCUT2D eigenvalue weighted by molar-refractivity contribution is 7.88. The molecule has 0 unspecified atom stereocenters. The molecule has 6 nitrogen and oxygen atoms in total. The molecule has 0 saturated carbocycles. The van der Waals surface area contributed by atoms with Crippen LogP contribution < -0.4 is 10.0 Å². The first-order chi connectivity index (χ1) is 8.23. The maximum absolute atomic E-state index is 11.2. The highest BCUT2D eigenvalue weighted by Gasteiger charge is 2.24. The van der Waals surface area contributed by atoms with E-state index in [4.69, 9.17) is 0 Å². The van der Waals surface area contributed by atoms with Gasteiger partial charge in [0.05, 0.1) is 6.26 Å². The first-order valence-corrected chi connectivity index (χ1v) is 8.07. The molecule has 1 aliphatic heterocycles. The normalized spacial score (nSPS) is 18.2. The summed E-state index contributed by atoms with van der Waals surface area (Å²) in [7, 11) is -1.45. The Labute approximate surface area is 110 Å². The molecule has 0 aliphatic carbocycles.